The van der Waals surface area contributed by atoms with Gasteiger partial charge in [-0.15, -0.1) is 0 Å². The fourth-order valence-corrected chi connectivity index (χ4v) is 2.23. The first-order valence-electron chi connectivity index (χ1n) is 6.15. The molecule has 0 spiro atoms. The minimum atomic E-state index is -0.991. The van der Waals surface area contributed by atoms with Gasteiger partial charge in [0, 0.05) is 5.69 Å². The number of carbonyl (C=O) groups excluding carboxylic acids is 1. The molecule has 3 rings (SSSR count). The van der Waals surface area contributed by atoms with E-state index in [1.807, 2.05) is 12.1 Å². The first-order chi connectivity index (χ1) is 9.65. The van der Waals surface area contributed by atoms with Crippen molar-refractivity contribution in [2.24, 2.45) is 0 Å². The standard InChI is InChI=1S/C15H12N2O3/c18-14-11-6-1-2-7-12(11)16-13(17-14)9-4-3-5-10(8-9)15(19)20/h1-8,13,16H,(H,17,18)(H,19,20). The van der Waals surface area contributed by atoms with Crippen molar-refractivity contribution in [3.8, 4) is 0 Å². The molecule has 5 heteroatoms. The fraction of sp³-hybridized carbons (Fsp3) is 0.0667. The second-order valence-electron chi connectivity index (χ2n) is 4.53. The van der Waals surface area contributed by atoms with E-state index >= 15 is 0 Å². The number of hydrogen-bond acceptors (Lipinski definition) is 3. The Kier molecular flexibility index (Phi) is 2.87. The van der Waals surface area contributed by atoms with Gasteiger partial charge in [0.25, 0.3) is 5.91 Å². The number of nitrogens with one attached hydrogen (secondary N) is 2. The van der Waals surface area contributed by atoms with Crippen molar-refractivity contribution < 1.29 is 14.7 Å². The molecule has 0 aromatic heterocycles. The van der Waals surface area contributed by atoms with E-state index in [1.165, 1.54) is 6.07 Å². The van der Waals surface area contributed by atoms with Gasteiger partial charge in [-0.1, -0.05) is 24.3 Å². The van der Waals surface area contributed by atoms with Crippen LogP contribution in [-0.4, -0.2) is 17.0 Å². The Morgan fingerprint density at radius 2 is 1.85 bits per heavy atom. The molecule has 1 atom stereocenters. The highest BCUT2D eigenvalue weighted by atomic mass is 16.4. The average molecular weight is 268 g/mol. The Bertz CT molecular complexity index is 697. The molecule has 1 heterocycles. The van der Waals surface area contributed by atoms with E-state index < -0.39 is 12.1 Å². The molecule has 1 aliphatic rings. The molecule has 0 bridgehead atoms. The second kappa shape index (κ2) is 4.70. The Morgan fingerprint density at radius 1 is 1.05 bits per heavy atom. The van der Waals surface area contributed by atoms with Gasteiger partial charge >= 0.3 is 5.97 Å². The van der Waals surface area contributed by atoms with Crippen molar-refractivity contribution in [3.05, 3.63) is 65.2 Å². The van der Waals surface area contributed by atoms with Crippen LogP contribution in [0.15, 0.2) is 48.5 Å². The van der Waals surface area contributed by atoms with Gasteiger partial charge in [-0.05, 0) is 29.8 Å². The second-order valence-corrected chi connectivity index (χ2v) is 4.53. The predicted octanol–water partition coefficient (Wildman–Crippen LogP) is 2.24. The third kappa shape index (κ3) is 2.09. The van der Waals surface area contributed by atoms with Crippen LogP contribution in [0.4, 0.5) is 5.69 Å². The molecular formula is C15H12N2O3. The van der Waals surface area contributed by atoms with Crippen molar-refractivity contribution in [2.45, 2.75) is 6.17 Å². The predicted molar refractivity (Wildman–Crippen MR) is 73.7 cm³/mol. The molecule has 5 nitrogen and oxygen atoms in total. The molecule has 20 heavy (non-hydrogen) atoms. The summed E-state index contributed by atoms with van der Waals surface area (Å²) in [4.78, 5) is 23.0. The average Bonchev–Trinajstić information content (AvgIpc) is 2.47. The molecule has 0 saturated carbocycles. The lowest BCUT2D eigenvalue weighted by Gasteiger charge is -2.28. The molecule has 100 valence electrons. The number of aromatic carboxylic acids is 1. The van der Waals surface area contributed by atoms with Crippen molar-refractivity contribution in [1.82, 2.24) is 5.32 Å². The van der Waals surface area contributed by atoms with Crippen LogP contribution >= 0.6 is 0 Å². The Morgan fingerprint density at radius 3 is 2.65 bits per heavy atom. The van der Waals surface area contributed by atoms with E-state index in [0.717, 1.165) is 5.69 Å². The minimum Gasteiger partial charge on any atom is -0.478 e. The molecule has 1 unspecified atom stereocenters. The summed E-state index contributed by atoms with van der Waals surface area (Å²) < 4.78 is 0. The summed E-state index contributed by atoms with van der Waals surface area (Å²) in [6, 6.07) is 13.7. The quantitative estimate of drug-likeness (QED) is 0.780. The topological polar surface area (TPSA) is 78.4 Å². The summed E-state index contributed by atoms with van der Waals surface area (Å²) >= 11 is 0. The number of rotatable bonds is 2. The van der Waals surface area contributed by atoms with E-state index in [4.69, 9.17) is 5.11 Å². The number of fused-ring (bicyclic) bond motifs is 1. The lowest BCUT2D eigenvalue weighted by Crippen LogP contribution is -2.38. The van der Waals surface area contributed by atoms with Gasteiger partial charge in [0.15, 0.2) is 0 Å². The van der Waals surface area contributed by atoms with Crippen LogP contribution in [0.1, 0.15) is 32.4 Å². The zero-order chi connectivity index (χ0) is 14.1. The number of para-hydroxylation sites is 1. The van der Waals surface area contributed by atoms with Crippen molar-refractivity contribution in [1.29, 1.82) is 0 Å². The zero-order valence-corrected chi connectivity index (χ0v) is 10.5. The van der Waals surface area contributed by atoms with Crippen LogP contribution in [0.3, 0.4) is 0 Å². The van der Waals surface area contributed by atoms with Crippen LogP contribution in [-0.2, 0) is 0 Å². The molecular weight excluding hydrogens is 256 g/mol. The summed E-state index contributed by atoms with van der Waals surface area (Å²) in [6.07, 6.45) is -0.434. The van der Waals surface area contributed by atoms with Crippen molar-refractivity contribution in [3.63, 3.8) is 0 Å². The number of benzene rings is 2. The summed E-state index contributed by atoms with van der Waals surface area (Å²) in [5.41, 5.74) is 2.21. The molecule has 3 N–H and O–H groups in total. The van der Waals surface area contributed by atoms with Crippen LogP contribution in [0.2, 0.25) is 0 Å². The van der Waals surface area contributed by atoms with Gasteiger partial charge in [0.2, 0.25) is 0 Å². The maximum Gasteiger partial charge on any atom is 0.335 e. The van der Waals surface area contributed by atoms with E-state index in [9.17, 15) is 9.59 Å². The number of amides is 1. The number of carboxylic acid groups (broad SMARTS) is 1. The molecule has 1 amide bonds. The van der Waals surface area contributed by atoms with Crippen LogP contribution in [0.5, 0.6) is 0 Å². The first kappa shape index (κ1) is 12.2. The minimum absolute atomic E-state index is 0.176. The molecule has 0 fully saturated rings. The summed E-state index contributed by atoms with van der Waals surface area (Å²) in [5.74, 6) is -1.17. The van der Waals surface area contributed by atoms with Crippen molar-refractivity contribution >= 4 is 17.6 Å². The normalized spacial score (nSPS) is 16.8. The monoisotopic (exact) mass is 268 g/mol. The van der Waals surface area contributed by atoms with E-state index in [2.05, 4.69) is 10.6 Å². The van der Waals surface area contributed by atoms with Crippen LogP contribution < -0.4 is 10.6 Å². The first-order valence-corrected chi connectivity index (χ1v) is 6.15. The van der Waals surface area contributed by atoms with E-state index in [-0.39, 0.29) is 11.5 Å². The summed E-state index contributed by atoms with van der Waals surface area (Å²) in [6.45, 7) is 0. The Hall–Kier alpha value is -2.82. The maximum atomic E-state index is 12.0. The van der Waals surface area contributed by atoms with Gasteiger partial charge in [0.05, 0.1) is 11.1 Å². The smallest absolute Gasteiger partial charge is 0.335 e. The SMILES string of the molecule is O=C(O)c1cccc(C2NC(=O)c3ccccc3N2)c1. The number of hydrogen-bond donors (Lipinski definition) is 3. The molecule has 0 radical (unpaired) electrons. The molecule has 2 aromatic rings. The number of carboxylic acids is 1. The Labute approximate surface area is 115 Å². The van der Waals surface area contributed by atoms with Crippen LogP contribution in [0, 0.1) is 0 Å². The highest BCUT2D eigenvalue weighted by Crippen LogP contribution is 2.26. The van der Waals surface area contributed by atoms with Gasteiger partial charge in [-0.25, -0.2) is 4.79 Å². The highest BCUT2D eigenvalue weighted by molar-refractivity contribution is 6.01. The van der Waals surface area contributed by atoms with E-state index in [1.54, 1.807) is 30.3 Å². The van der Waals surface area contributed by atoms with Crippen molar-refractivity contribution in [2.75, 3.05) is 5.32 Å². The summed E-state index contributed by atoms with van der Waals surface area (Å²) in [5, 5.41) is 15.0. The number of carbonyl (C=O) groups is 2. The number of anilines is 1. The summed E-state index contributed by atoms with van der Waals surface area (Å²) in [7, 11) is 0. The molecule has 2 aromatic carbocycles. The van der Waals surface area contributed by atoms with E-state index in [0.29, 0.717) is 11.1 Å². The molecule has 0 aliphatic carbocycles. The lowest BCUT2D eigenvalue weighted by atomic mass is 10.0. The largest absolute Gasteiger partial charge is 0.478 e. The highest BCUT2D eigenvalue weighted by Gasteiger charge is 2.24. The molecule has 0 saturated heterocycles. The lowest BCUT2D eigenvalue weighted by molar-refractivity contribution is 0.0696. The molecule has 1 aliphatic heterocycles. The Balaban J connectivity index is 1.95. The zero-order valence-electron chi connectivity index (χ0n) is 10.5. The maximum absolute atomic E-state index is 12.0. The van der Waals surface area contributed by atoms with Gasteiger partial charge in [0.1, 0.15) is 6.17 Å². The van der Waals surface area contributed by atoms with Gasteiger partial charge < -0.3 is 15.7 Å². The van der Waals surface area contributed by atoms with Gasteiger partial charge in [-0.2, -0.15) is 0 Å². The third-order valence-corrected chi connectivity index (χ3v) is 3.21. The fourth-order valence-electron chi connectivity index (χ4n) is 2.23. The third-order valence-electron chi connectivity index (χ3n) is 3.21. The van der Waals surface area contributed by atoms with Crippen LogP contribution in [0.25, 0.3) is 0 Å². The van der Waals surface area contributed by atoms with Gasteiger partial charge in [-0.3, -0.25) is 4.79 Å².